The molecule has 0 fully saturated rings. The van der Waals surface area contributed by atoms with Gasteiger partial charge in [-0.1, -0.05) is 41.1 Å². The van der Waals surface area contributed by atoms with Gasteiger partial charge in [0.25, 0.3) is 0 Å². The second kappa shape index (κ2) is 6.13. The lowest BCUT2D eigenvalue weighted by Crippen LogP contribution is -2.29. The molecule has 0 amide bonds. The molecule has 88 valence electrons. The van der Waals surface area contributed by atoms with Crippen LogP contribution in [0.4, 0.5) is 4.39 Å². The highest BCUT2D eigenvalue weighted by Gasteiger charge is 2.15. The largest absolute Gasteiger partial charge is 0.271 e. The van der Waals surface area contributed by atoms with Crippen LogP contribution in [0.5, 0.6) is 0 Å². The Labute approximate surface area is 104 Å². The van der Waals surface area contributed by atoms with E-state index in [1.165, 1.54) is 6.07 Å². The van der Waals surface area contributed by atoms with E-state index in [-0.39, 0.29) is 11.9 Å². The van der Waals surface area contributed by atoms with E-state index in [1.807, 2.05) is 6.92 Å². The molecule has 1 rings (SSSR count). The lowest BCUT2D eigenvalue weighted by molar-refractivity contribution is 0.506. The van der Waals surface area contributed by atoms with Crippen LogP contribution in [0.15, 0.2) is 34.8 Å². The van der Waals surface area contributed by atoms with Gasteiger partial charge >= 0.3 is 0 Å². The van der Waals surface area contributed by atoms with Gasteiger partial charge in [0.2, 0.25) is 0 Å². The fraction of sp³-hybridized carbons (Fsp3) is 0.333. The van der Waals surface area contributed by atoms with Gasteiger partial charge in [-0.2, -0.15) is 0 Å². The summed E-state index contributed by atoms with van der Waals surface area (Å²) in [4.78, 5) is 0. The maximum atomic E-state index is 13.7. The Bertz CT molecular complexity index is 379. The number of halogens is 2. The maximum Gasteiger partial charge on any atom is 0.129 e. The molecule has 0 aliphatic rings. The highest BCUT2D eigenvalue weighted by Crippen LogP contribution is 2.25. The van der Waals surface area contributed by atoms with Crippen molar-refractivity contribution in [2.24, 2.45) is 5.84 Å². The number of nitrogens with two attached hydrogens (primary N) is 1. The molecule has 16 heavy (non-hydrogen) atoms. The Morgan fingerprint density at radius 2 is 2.31 bits per heavy atom. The van der Waals surface area contributed by atoms with Crippen LogP contribution in [0.2, 0.25) is 0 Å². The van der Waals surface area contributed by atoms with Crippen molar-refractivity contribution in [3.8, 4) is 0 Å². The molecule has 1 atom stereocenters. The zero-order valence-electron chi connectivity index (χ0n) is 9.26. The van der Waals surface area contributed by atoms with E-state index in [0.29, 0.717) is 12.0 Å². The van der Waals surface area contributed by atoms with E-state index in [2.05, 4.69) is 27.9 Å². The predicted octanol–water partition coefficient (Wildman–Crippen LogP) is 3.45. The molecule has 0 radical (unpaired) electrons. The number of benzene rings is 1. The van der Waals surface area contributed by atoms with Gasteiger partial charge in [-0.25, -0.2) is 4.39 Å². The fourth-order valence-corrected chi connectivity index (χ4v) is 1.81. The standard InChI is InChI=1S/C12H16BrFN2/c1-3-8(2)6-12(16-15)10-5-4-9(13)7-11(10)14/h4-5,7,12,16H,2-3,6,15H2,1H3. The normalized spacial score (nSPS) is 12.5. The summed E-state index contributed by atoms with van der Waals surface area (Å²) in [5.74, 6) is 5.18. The molecule has 0 heterocycles. The first-order valence-corrected chi connectivity index (χ1v) is 5.95. The molecule has 1 aromatic rings. The Morgan fingerprint density at radius 3 is 2.81 bits per heavy atom. The monoisotopic (exact) mass is 286 g/mol. The topological polar surface area (TPSA) is 38.0 Å². The van der Waals surface area contributed by atoms with E-state index in [1.54, 1.807) is 12.1 Å². The van der Waals surface area contributed by atoms with Crippen molar-refractivity contribution < 1.29 is 4.39 Å². The molecular formula is C12H16BrFN2. The Kier molecular flexibility index (Phi) is 5.12. The minimum absolute atomic E-state index is 0.222. The zero-order chi connectivity index (χ0) is 12.1. The van der Waals surface area contributed by atoms with Gasteiger partial charge in [-0.3, -0.25) is 11.3 Å². The quantitative estimate of drug-likeness (QED) is 0.494. The summed E-state index contributed by atoms with van der Waals surface area (Å²) in [6.07, 6.45) is 1.52. The average Bonchev–Trinajstić information content (AvgIpc) is 2.26. The fourth-order valence-electron chi connectivity index (χ4n) is 1.48. The molecule has 0 saturated carbocycles. The van der Waals surface area contributed by atoms with Crippen LogP contribution in [0, 0.1) is 5.82 Å². The van der Waals surface area contributed by atoms with E-state index in [4.69, 9.17) is 5.84 Å². The number of hydrazine groups is 1. The highest BCUT2D eigenvalue weighted by atomic mass is 79.9. The molecule has 3 N–H and O–H groups in total. The van der Waals surface area contributed by atoms with Gasteiger partial charge in [-0.05, 0) is 25.0 Å². The van der Waals surface area contributed by atoms with Crippen LogP contribution in [0.1, 0.15) is 31.4 Å². The zero-order valence-corrected chi connectivity index (χ0v) is 10.8. The van der Waals surface area contributed by atoms with Crippen LogP contribution in [0.25, 0.3) is 0 Å². The van der Waals surface area contributed by atoms with Gasteiger partial charge in [0.05, 0.1) is 6.04 Å². The minimum Gasteiger partial charge on any atom is -0.271 e. The van der Waals surface area contributed by atoms with Crippen molar-refractivity contribution in [3.63, 3.8) is 0 Å². The molecule has 4 heteroatoms. The van der Waals surface area contributed by atoms with E-state index in [9.17, 15) is 4.39 Å². The molecule has 1 unspecified atom stereocenters. The Hall–Kier alpha value is -0.710. The molecule has 0 aliphatic heterocycles. The number of hydrogen-bond acceptors (Lipinski definition) is 2. The molecule has 0 aromatic heterocycles. The van der Waals surface area contributed by atoms with E-state index < -0.39 is 0 Å². The van der Waals surface area contributed by atoms with Crippen LogP contribution in [0.3, 0.4) is 0 Å². The first-order valence-electron chi connectivity index (χ1n) is 5.16. The summed E-state index contributed by atoms with van der Waals surface area (Å²) in [6, 6.07) is 4.75. The molecule has 0 aliphatic carbocycles. The first-order chi connectivity index (χ1) is 7.58. The van der Waals surface area contributed by atoms with Crippen LogP contribution in [-0.4, -0.2) is 0 Å². The number of rotatable bonds is 5. The van der Waals surface area contributed by atoms with Gasteiger partial charge in [-0.15, -0.1) is 0 Å². The van der Waals surface area contributed by atoms with Crippen LogP contribution < -0.4 is 11.3 Å². The van der Waals surface area contributed by atoms with Gasteiger partial charge in [0.15, 0.2) is 0 Å². The second-order valence-electron chi connectivity index (χ2n) is 3.69. The number of nitrogens with one attached hydrogen (secondary N) is 1. The maximum absolute atomic E-state index is 13.7. The summed E-state index contributed by atoms with van der Waals surface area (Å²) >= 11 is 3.22. The van der Waals surface area contributed by atoms with Gasteiger partial charge < -0.3 is 0 Å². The summed E-state index contributed by atoms with van der Waals surface area (Å²) in [5, 5.41) is 0. The SMILES string of the molecule is C=C(CC)CC(NN)c1ccc(Br)cc1F. The molecule has 1 aromatic carbocycles. The molecule has 2 nitrogen and oxygen atoms in total. The van der Waals surface area contributed by atoms with Gasteiger partial charge in [0, 0.05) is 10.0 Å². The molecule has 0 saturated heterocycles. The van der Waals surface area contributed by atoms with Crippen molar-refractivity contribution in [2.45, 2.75) is 25.8 Å². The summed E-state index contributed by atoms with van der Waals surface area (Å²) < 4.78 is 14.4. The average molecular weight is 287 g/mol. The van der Waals surface area contributed by atoms with E-state index >= 15 is 0 Å². The van der Waals surface area contributed by atoms with Crippen molar-refractivity contribution in [3.05, 3.63) is 46.2 Å². The van der Waals surface area contributed by atoms with Crippen molar-refractivity contribution in [1.29, 1.82) is 0 Å². The summed E-state index contributed by atoms with van der Waals surface area (Å²) in [5.41, 5.74) is 4.24. The molecule has 0 spiro atoms. The smallest absolute Gasteiger partial charge is 0.129 e. The third-order valence-corrected chi connectivity index (χ3v) is 3.03. The summed E-state index contributed by atoms with van der Waals surface area (Å²) in [6.45, 7) is 5.93. The van der Waals surface area contributed by atoms with Crippen molar-refractivity contribution in [1.82, 2.24) is 5.43 Å². The Morgan fingerprint density at radius 1 is 1.62 bits per heavy atom. The van der Waals surface area contributed by atoms with Crippen molar-refractivity contribution >= 4 is 15.9 Å². The predicted molar refractivity (Wildman–Crippen MR) is 68.2 cm³/mol. The molecule has 0 bridgehead atoms. The third-order valence-electron chi connectivity index (χ3n) is 2.53. The van der Waals surface area contributed by atoms with E-state index in [0.717, 1.165) is 16.5 Å². The van der Waals surface area contributed by atoms with Crippen LogP contribution in [-0.2, 0) is 0 Å². The van der Waals surface area contributed by atoms with Crippen LogP contribution >= 0.6 is 15.9 Å². The first kappa shape index (κ1) is 13.4. The lowest BCUT2D eigenvalue weighted by Gasteiger charge is -2.18. The Balaban J connectivity index is 2.90. The second-order valence-corrected chi connectivity index (χ2v) is 4.61. The number of hydrogen-bond donors (Lipinski definition) is 2. The lowest BCUT2D eigenvalue weighted by atomic mass is 9.98. The highest BCUT2D eigenvalue weighted by molar-refractivity contribution is 9.10. The third kappa shape index (κ3) is 3.40. The van der Waals surface area contributed by atoms with Gasteiger partial charge in [0.1, 0.15) is 5.82 Å². The summed E-state index contributed by atoms with van der Waals surface area (Å²) in [7, 11) is 0. The minimum atomic E-state index is -0.263. The van der Waals surface area contributed by atoms with Crippen molar-refractivity contribution in [2.75, 3.05) is 0 Å². The molecular weight excluding hydrogens is 271 g/mol.